The van der Waals surface area contributed by atoms with Crippen molar-refractivity contribution in [1.29, 1.82) is 0 Å². The van der Waals surface area contributed by atoms with Crippen molar-refractivity contribution in [3.8, 4) is 0 Å². The Morgan fingerprint density at radius 2 is 2.00 bits per heavy atom. The Morgan fingerprint density at radius 3 is 2.27 bits per heavy atom. The molecule has 1 unspecified atom stereocenters. The fourth-order valence-corrected chi connectivity index (χ4v) is 1.16. The smallest absolute Gasteiger partial charge is 0.0753 e. The van der Waals surface area contributed by atoms with Gasteiger partial charge in [0.1, 0.15) is 0 Å². The first kappa shape index (κ1) is 10.8. The lowest BCUT2D eigenvalue weighted by Gasteiger charge is -2.24. The summed E-state index contributed by atoms with van der Waals surface area (Å²) in [6.45, 7) is 8.03. The van der Waals surface area contributed by atoms with Gasteiger partial charge >= 0.3 is 0 Å². The van der Waals surface area contributed by atoms with Crippen molar-refractivity contribution in [2.24, 2.45) is 5.73 Å². The van der Waals surface area contributed by atoms with Gasteiger partial charge in [0.2, 0.25) is 0 Å². The molecule has 0 radical (unpaired) electrons. The molecule has 11 heavy (non-hydrogen) atoms. The molecule has 0 fully saturated rings. The molecule has 3 heteroatoms. The number of ether oxygens (including phenoxy) is 1. The van der Waals surface area contributed by atoms with Crippen LogP contribution in [0.2, 0.25) is 0 Å². The van der Waals surface area contributed by atoms with Gasteiger partial charge in [0, 0.05) is 6.42 Å². The fraction of sp³-hybridized carbons (Fsp3) is 0.875. The normalized spacial score (nSPS) is 14.5. The average Bonchev–Trinajstić information content (AvgIpc) is 1.53. The van der Waals surface area contributed by atoms with E-state index in [9.17, 15) is 0 Å². The van der Waals surface area contributed by atoms with Gasteiger partial charge in [0.25, 0.3) is 0 Å². The summed E-state index contributed by atoms with van der Waals surface area (Å²) in [4.78, 5) is 0.516. The van der Waals surface area contributed by atoms with Gasteiger partial charge in [0.15, 0.2) is 0 Å². The second-order valence-electron chi connectivity index (χ2n) is 3.71. The summed E-state index contributed by atoms with van der Waals surface area (Å²) < 4.78 is 5.58. The van der Waals surface area contributed by atoms with E-state index >= 15 is 0 Å². The van der Waals surface area contributed by atoms with Crippen LogP contribution < -0.4 is 5.73 Å². The van der Waals surface area contributed by atoms with E-state index in [0.29, 0.717) is 11.4 Å². The summed E-state index contributed by atoms with van der Waals surface area (Å²) in [5.74, 6) is 0. The molecular weight excluding hydrogens is 158 g/mol. The maximum atomic E-state index is 5.58. The third-order valence-electron chi connectivity index (χ3n) is 1.04. The van der Waals surface area contributed by atoms with Gasteiger partial charge in [0.05, 0.1) is 16.7 Å². The fourth-order valence-electron chi connectivity index (χ4n) is 0.929. The maximum Gasteiger partial charge on any atom is 0.0753 e. The van der Waals surface area contributed by atoms with Crippen LogP contribution >= 0.6 is 12.2 Å². The van der Waals surface area contributed by atoms with Crippen molar-refractivity contribution in [2.75, 3.05) is 0 Å². The second-order valence-corrected chi connectivity index (χ2v) is 4.24. The number of hydrogen-bond donors (Lipinski definition) is 1. The van der Waals surface area contributed by atoms with Gasteiger partial charge in [-0.25, -0.2) is 0 Å². The summed E-state index contributed by atoms with van der Waals surface area (Å²) in [5.41, 5.74) is 5.26. The van der Waals surface area contributed by atoms with Gasteiger partial charge < -0.3 is 10.5 Å². The number of nitrogens with two attached hydrogens (primary N) is 1. The zero-order chi connectivity index (χ0) is 9.07. The predicted octanol–water partition coefficient (Wildman–Crippen LogP) is 1.87. The topological polar surface area (TPSA) is 35.2 Å². The van der Waals surface area contributed by atoms with E-state index in [1.165, 1.54) is 0 Å². The van der Waals surface area contributed by atoms with E-state index in [2.05, 4.69) is 0 Å². The SMILES string of the molecule is CC(CC(N)=S)OC(C)(C)C. The van der Waals surface area contributed by atoms with E-state index in [0.717, 1.165) is 0 Å². The van der Waals surface area contributed by atoms with Gasteiger partial charge in [-0.2, -0.15) is 0 Å². The van der Waals surface area contributed by atoms with Crippen LogP contribution in [0.4, 0.5) is 0 Å². The molecule has 0 heterocycles. The molecule has 0 spiro atoms. The zero-order valence-electron chi connectivity index (χ0n) is 7.68. The van der Waals surface area contributed by atoms with Gasteiger partial charge in [-0.05, 0) is 27.7 Å². The van der Waals surface area contributed by atoms with Crippen LogP contribution in [0.15, 0.2) is 0 Å². The Morgan fingerprint density at radius 1 is 1.55 bits per heavy atom. The van der Waals surface area contributed by atoms with Crippen LogP contribution in [0.1, 0.15) is 34.1 Å². The molecule has 2 nitrogen and oxygen atoms in total. The molecule has 0 saturated heterocycles. The van der Waals surface area contributed by atoms with Crippen molar-refractivity contribution in [3.63, 3.8) is 0 Å². The van der Waals surface area contributed by atoms with Crippen LogP contribution in [0.5, 0.6) is 0 Å². The number of thiocarbonyl (C=S) groups is 1. The predicted molar refractivity (Wildman–Crippen MR) is 51.7 cm³/mol. The van der Waals surface area contributed by atoms with E-state index in [-0.39, 0.29) is 11.7 Å². The van der Waals surface area contributed by atoms with Crippen molar-refractivity contribution in [2.45, 2.75) is 45.8 Å². The molecular formula is C8H17NOS. The Hall–Kier alpha value is -0.150. The van der Waals surface area contributed by atoms with Crippen LogP contribution in [0, 0.1) is 0 Å². The zero-order valence-corrected chi connectivity index (χ0v) is 8.49. The molecule has 0 aliphatic heterocycles. The largest absolute Gasteiger partial charge is 0.393 e. The first-order valence-electron chi connectivity index (χ1n) is 3.77. The van der Waals surface area contributed by atoms with Crippen molar-refractivity contribution in [3.05, 3.63) is 0 Å². The summed E-state index contributed by atoms with van der Waals surface area (Å²) in [5, 5.41) is 0. The molecule has 0 aromatic carbocycles. The molecule has 0 rings (SSSR count). The highest BCUT2D eigenvalue weighted by Crippen LogP contribution is 2.12. The van der Waals surface area contributed by atoms with Gasteiger partial charge in [-0.15, -0.1) is 0 Å². The number of hydrogen-bond acceptors (Lipinski definition) is 2. The maximum absolute atomic E-state index is 5.58. The lowest BCUT2D eigenvalue weighted by Crippen LogP contribution is -2.28. The minimum atomic E-state index is -0.107. The molecule has 1 atom stereocenters. The number of rotatable bonds is 3. The molecule has 0 amide bonds. The van der Waals surface area contributed by atoms with E-state index in [4.69, 9.17) is 22.7 Å². The van der Waals surface area contributed by atoms with E-state index < -0.39 is 0 Å². The first-order valence-corrected chi connectivity index (χ1v) is 4.18. The third-order valence-corrected chi connectivity index (χ3v) is 1.21. The van der Waals surface area contributed by atoms with Crippen molar-refractivity contribution < 1.29 is 4.74 Å². The van der Waals surface area contributed by atoms with Gasteiger partial charge in [-0.3, -0.25) is 0 Å². The molecule has 66 valence electrons. The summed E-state index contributed by atoms with van der Waals surface area (Å²) in [6.07, 6.45) is 0.777. The molecule has 0 aromatic rings. The highest BCUT2D eigenvalue weighted by molar-refractivity contribution is 7.80. The second kappa shape index (κ2) is 4.02. The Bertz CT molecular complexity index is 140. The monoisotopic (exact) mass is 175 g/mol. The molecule has 0 saturated carbocycles. The Balaban J connectivity index is 3.69. The summed E-state index contributed by atoms with van der Waals surface area (Å²) in [7, 11) is 0. The molecule has 0 aliphatic carbocycles. The molecule has 0 bridgehead atoms. The summed E-state index contributed by atoms with van der Waals surface area (Å²) >= 11 is 4.76. The quantitative estimate of drug-likeness (QED) is 0.665. The highest BCUT2D eigenvalue weighted by Gasteiger charge is 2.15. The first-order chi connectivity index (χ1) is 4.81. The Kier molecular flexibility index (Phi) is 3.97. The molecule has 0 aromatic heterocycles. The van der Waals surface area contributed by atoms with E-state index in [1.807, 2.05) is 27.7 Å². The highest BCUT2D eigenvalue weighted by atomic mass is 32.1. The van der Waals surface area contributed by atoms with E-state index in [1.54, 1.807) is 0 Å². The summed E-state index contributed by atoms with van der Waals surface area (Å²) in [6, 6.07) is 0. The third kappa shape index (κ3) is 7.75. The lowest BCUT2D eigenvalue weighted by molar-refractivity contribution is -0.0474. The van der Waals surface area contributed by atoms with Crippen molar-refractivity contribution in [1.82, 2.24) is 0 Å². The Labute approximate surface area is 74.1 Å². The van der Waals surface area contributed by atoms with Crippen molar-refractivity contribution >= 4 is 17.2 Å². The standard InChI is InChI=1S/C8H17NOS/c1-6(5-7(9)11)10-8(2,3)4/h6H,5H2,1-4H3,(H2,9,11). The van der Waals surface area contributed by atoms with Crippen LogP contribution in [-0.2, 0) is 4.74 Å². The van der Waals surface area contributed by atoms with Gasteiger partial charge in [-0.1, -0.05) is 12.2 Å². The molecule has 2 N–H and O–H groups in total. The minimum Gasteiger partial charge on any atom is -0.393 e. The average molecular weight is 175 g/mol. The minimum absolute atomic E-state index is 0.107. The lowest BCUT2D eigenvalue weighted by atomic mass is 10.1. The molecule has 0 aliphatic rings. The van der Waals surface area contributed by atoms with Crippen LogP contribution in [0.25, 0.3) is 0 Å². The van der Waals surface area contributed by atoms with Crippen LogP contribution in [0.3, 0.4) is 0 Å². The van der Waals surface area contributed by atoms with Crippen LogP contribution in [-0.4, -0.2) is 16.7 Å².